The molecule has 8 heteroatoms. The first-order chi connectivity index (χ1) is 13.1. The van der Waals surface area contributed by atoms with Gasteiger partial charge in [-0.05, 0) is 12.1 Å². The van der Waals surface area contributed by atoms with Crippen molar-refractivity contribution in [1.29, 1.82) is 5.26 Å². The predicted molar refractivity (Wildman–Crippen MR) is 95.6 cm³/mol. The van der Waals surface area contributed by atoms with Crippen molar-refractivity contribution in [3.05, 3.63) is 60.6 Å². The SMILES string of the molecule is N#CC1CN(c2ccc(C(F)F)cn2)C(=O)N1c1cncc2ccccc12. The van der Waals surface area contributed by atoms with Gasteiger partial charge in [-0.2, -0.15) is 5.26 Å². The smallest absolute Gasteiger partial charge is 0.275 e. The Kier molecular flexibility index (Phi) is 4.12. The fourth-order valence-electron chi connectivity index (χ4n) is 3.14. The van der Waals surface area contributed by atoms with E-state index in [0.717, 1.165) is 17.0 Å². The van der Waals surface area contributed by atoms with Gasteiger partial charge in [0.15, 0.2) is 0 Å². The highest BCUT2D eigenvalue weighted by Crippen LogP contribution is 2.32. The average molecular weight is 365 g/mol. The number of benzene rings is 1. The van der Waals surface area contributed by atoms with Crippen molar-refractivity contribution < 1.29 is 13.6 Å². The highest BCUT2D eigenvalue weighted by Gasteiger charge is 2.40. The zero-order valence-corrected chi connectivity index (χ0v) is 14.0. The summed E-state index contributed by atoms with van der Waals surface area (Å²) in [6, 6.07) is 10.9. The van der Waals surface area contributed by atoms with Crippen LogP contribution in [0.1, 0.15) is 12.0 Å². The second kappa shape index (κ2) is 6.61. The minimum atomic E-state index is -2.63. The van der Waals surface area contributed by atoms with Crippen molar-refractivity contribution in [3.8, 4) is 6.07 Å². The number of alkyl halides is 2. The topological polar surface area (TPSA) is 73.1 Å². The Morgan fingerprint density at radius 1 is 1.15 bits per heavy atom. The van der Waals surface area contributed by atoms with Gasteiger partial charge >= 0.3 is 6.03 Å². The maximum atomic E-state index is 13.0. The fourth-order valence-corrected chi connectivity index (χ4v) is 3.14. The van der Waals surface area contributed by atoms with E-state index in [2.05, 4.69) is 16.0 Å². The summed E-state index contributed by atoms with van der Waals surface area (Å²) < 4.78 is 25.4. The number of hydrogen-bond donors (Lipinski definition) is 0. The van der Waals surface area contributed by atoms with Gasteiger partial charge in [-0.1, -0.05) is 24.3 Å². The minimum absolute atomic E-state index is 0.0829. The second-order valence-electron chi connectivity index (χ2n) is 6.04. The van der Waals surface area contributed by atoms with Crippen LogP contribution in [0, 0.1) is 11.3 Å². The molecule has 0 aliphatic carbocycles. The number of hydrogen-bond acceptors (Lipinski definition) is 4. The van der Waals surface area contributed by atoms with Crippen molar-refractivity contribution in [1.82, 2.24) is 9.97 Å². The van der Waals surface area contributed by atoms with Gasteiger partial charge in [-0.3, -0.25) is 14.8 Å². The average Bonchev–Trinajstić information content (AvgIpc) is 3.03. The maximum Gasteiger partial charge on any atom is 0.331 e. The number of carbonyl (C=O) groups is 1. The van der Waals surface area contributed by atoms with Crippen LogP contribution < -0.4 is 9.80 Å². The van der Waals surface area contributed by atoms with Crippen molar-refractivity contribution in [3.63, 3.8) is 0 Å². The number of nitrogens with zero attached hydrogens (tertiary/aromatic N) is 5. The van der Waals surface area contributed by atoms with E-state index >= 15 is 0 Å². The highest BCUT2D eigenvalue weighted by atomic mass is 19.3. The summed E-state index contributed by atoms with van der Waals surface area (Å²) in [5.74, 6) is 0.223. The van der Waals surface area contributed by atoms with Crippen LogP contribution >= 0.6 is 0 Å². The van der Waals surface area contributed by atoms with E-state index in [-0.39, 0.29) is 17.9 Å². The molecule has 0 spiro atoms. The molecule has 4 rings (SSSR count). The van der Waals surface area contributed by atoms with E-state index in [1.165, 1.54) is 21.9 Å². The van der Waals surface area contributed by atoms with Gasteiger partial charge in [-0.25, -0.2) is 18.6 Å². The lowest BCUT2D eigenvalue weighted by molar-refractivity contribution is 0.151. The standard InChI is InChI=1S/C19H13F2N5O/c20-18(21)13-5-6-17(24-9-13)25-11-14(7-22)26(19(25)27)16-10-23-8-12-3-1-2-4-15(12)16/h1-6,8-10,14,18H,11H2. The molecular formula is C19H13F2N5O. The lowest BCUT2D eigenvalue weighted by Crippen LogP contribution is -2.35. The highest BCUT2D eigenvalue weighted by molar-refractivity contribution is 6.11. The van der Waals surface area contributed by atoms with Crippen LogP contribution in [0.2, 0.25) is 0 Å². The number of halogens is 2. The summed E-state index contributed by atoms with van der Waals surface area (Å²) in [7, 11) is 0. The molecule has 0 saturated carbocycles. The number of pyridine rings is 2. The van der Waals surface area contributed by atoms with Crippen molar-refractivity contribution in [2.45, 2.75) is 12.5 Å². The van der Waals surface area contributed by atoms with Crippen LogP contribution in [-0.2, 0) is 0 Å². The van der Waals surface area contributed by atoms with Crippen LogP contribution in [0.15, 0.2) is 55.0 Å². The first-order valence-electron chi connectivity index (χ1n) is 8.17. The summed E-state index contributed by atoms with van der Waals surface area (Å²) in [5, 5.41) is 11.2. The summed E-state index contributed by atoms with van der Waals surface area (Å²) >= 11 is 0. The molecular weight excluding hydrogens is 352 g/mol. The molecule has 0 bridgehead atoms. The molecule has 2 amide bonds. The molecule has 3 aromatic rings. The third-order valence-corrected chi connectivity index (χ3v) is 4.46. The summed E-state index contributed by atoms with van der Waals surface area (Å²) in [4.78, 5) is 23.8. The molecule has 1 saturated heterocycles. The van der Waals surface area contributed by atoms with Gasteiger partial charge in [0, 0.05) is 28.7 Å². The minimum Gasteiger partial charge on any atom is -0.275 e. The lowest BCUT2D eigenvalue weighted by Gasteiger charge is -2.20. The van der Waals surface area contributed by atoms with Crippen LogP contribution in [0.5, 0.6) is 0 Å². The van der Waals surface area contributed by atoms with E-state index in [0.29, 0.717) is 5.69 Å². The summed E-state index contributed by atoms with van der Waals surface area (Å²) in [6.45, 7) is 0.0829. The number of nitriles is 1. The van der Waals surface area contributed by atoms with E-state index < -0.39 is 18.5 Å². The Balaban J connectivity index is 1.74. The molecule has 1 fully saturated rings. The molecule has 3 heterocycles. The van der Waals surface area contributed by atoms with Gasteiger partial charge in [0.1, 0.15) is 11.9 Å². The van der Waals surface area contributed by atoms with Crippen molar-refractivity contribution >= 4 is 28.3 Å². The molecule has 1 aromatic carbocycles. The number of amides is 2. The normalized spacial score (nSPS) is 17.0. The van der Waals surface area contributed by atoms with Crippen LogP contribution in [0.25, 0.3) is 10.8 Å². The molecule has 0 radical (unpaired) electrons. The van der Waals surface area contributed by atoms with E-state index in [1.54, 1.807) is 12.4 Å². The lowest BCUT2D eigenvalue weighted by atomic mass is 10.1. The number of rotatable bonds is 3. The molecule has 1 unspecified atom stereocenters. The quantitative estimate of drug-likeness (QED) is 0.705. The van der Waals surface area contributed by atoms with Gasteiger partial charge in [-0.15, -0.1) is 0 Å². The number of carbonyl (C=O) groups excluding carboxylic acids is 1. The Morgan fingerprint density at radius 2 is 1.96 bits per heavy atom. The van der Waals surface area contributed by atoms with Gasteiger partial charge in [0.25, 0.3) is 6.43 Å². The van der Waals surface area contributed by atoms with Crippen molar-refractivity contribution in [2.75, 3.05) is 16.3 Å². The van der Waals surface area contributed by atoms with Gasteiger partial charge in [0.2, 0.25) is 0 Å². The molecule has 2 aromatic heterocycles. The van der Waals surface area contributed by atoms with Crippen LogP contribution in [-0.4, -0.2) is 28.6 Å². The Hall–Kier alpha value is -3.60. The molecule has 0 N–H and O–H groups in total. The molecule has 134 valence electrons. The number of urea groups is 1. The summed E-state index contributed by atoms with van der Waals surface area (Å²) in [6.07, 6.45) is 1.63. The first-order valence-corrected chi connectivity index (χ1v) is 8.17. The van der Waals surface area contributed by atoms with Gasteiger partial charge in [0.05, 0.1) is 24.5 Å². The Morgan fingerprint density at radius 3 is 2.67 bits per heavy atom. The Bertz CT molecular complexity index is 1040. The van der Waals surface area contributed by atoms with E-state index in [9.17, 15) is 18.8 Å². The molecule has 6 nitrogen and oxygen atoms in total. The fraction of sp³-hybridized carbons (Fsp3) is 0.158. The Labute approximate surface area is 153 Å². The van der Waals surface area contributed by atoms with Crippen LogP contribution in [0.4, 0.5) is 25.1 Å². The van der Waals surface area contributed by atoms with Gasteiger partial charge < -0.3 is 0 Å². The van der Waals surface area contributed by atoms with E-state index in [1.807, 2.05) is 24.3 Å². The predicted octanol–water partition coefficient (Wildman–Crippen LogP) is 3.91. The molecule has 27 heavy (non-hydrogen) atoms. The van der Waals surface area contributed by atoms with Crippen LogP contribution in [0.3, 0.4) is 0 Å². The van der Waals surface area contributed by atoms with E-state index in [4.69, 9.17) is 0 Å². The zero-order valence-electron chi connectivity index (χ0n) is 14.0. The molecule has 1 atom stereocenters. The van der Waals surface area contributed by atoms with Crippen molar-refractivity contribution in [2.24, 2.45) is 0 Å². The maximum absolute atomic E-state index is 13.0. The third kappa shape index (κ3) is 2.83. The first kappa shape index (κ1) is 16.8. The second-order valence-corrected chi connectivity index (χ2v) is 6.04. The zero-order chi connectivity index (χ0) is 19.0. The largest absolute Gasteiger partial charge is 0.331 e. The number of aromatic nitrogens is 2. The number of anilines is 2. The molecule has 1 aliphatic rings. The monoisotopic (exact) mass is 365 g/mol. The number of fused-ring (bicyclic) bond motifs is 1. The molecule has 1 aliphatic heterocycles. The summed E-state index contributed by atoms with van der Waals surface area (Å²) in [5.41, 5.74) is 0.300. The third-order valence-electron chi connectivity index (χ3n) is 4.46.